The van der Waals surface area contributed by atoms with Gasteiger partial charge < -0.3 is 38.3 Å². The fourth-order valence-electron chi connectivity index (χ4n) is 8.63. The molecule has 7 unspecified atom stereocenters. The van der Waals surface area contributed by atoms with Crippen LogP contribution in [0.3, 0.4) is 0 Å². The molecule has 5 aliphatic rings. The Kier molecular flexibility index (Phi) is 4.84. The number of fused-ring (bicyclic) bond motifs is 5. The number of esters is 1. The molecule has 198 valence electrons. The summed E-state index contributed by atoms with van der Waals surface area (Å²) in [6, 6.07) is 0. The zero-order chi connectivity index (χ0) is 26.1. The first-order valence-electron chi connectivity index (χ1n) is 12.6. The normalized spacial score (nSPS) is 43.6. The van der Waals surface area contributed by atoms with Crippen molar-refractivity contribution in [2.75, 3.05) is 21.3 Å². The molecule has 6 rings (SSSR count). The van der Waals surface area contributed by atoms with Crippen LogP contribution in [0.4, 0.5) is 0 Å². The molecule has 2 saturated heterocycles. The third kappa shape index (κ3) is 2.51. The van der Waals surface area contributed by atoms with Gasteiger partial charge >= 0.3 is 5.97 Å². The molecule has 0 aromatic heterocycles. The molecule has 9 heteroatoms. The van der Waals surface area contributed by atoms with Gasteiger partial charge in [-0.1, -0.05) is 6.92 Å². The van der Waals surface area contributed by atoms with Gasteiger partial charge in [0.05, 0.1) is 24.9 Å². The van der Waals surface area contributed by atoms with Crippen LogP contribution in [0.15, 0.2) is 0 Å². The number of benzene rings is 1. The first kappa shape index (κ1) is 24.4. The molecule has 1 spiro atoms. The Bertz CT molecular complexity index is 1160. The van der Waals surface area contributed by atoms with Crippen molar-refractivity contribution >= 4 is 5.97 Å². The summed E-state index contributed by atoms with van der Waals surface area (Å²) in [5.74, 6) is -0.840. The minimum absolute atomic E-state index is 0.173. The number of cyclic esters (lactones) is 1. The van der Waals surface area contributed by atoms with E-state index >= 15 is 0 Å². The van der Waals surface area contributed by atoms with E-state index < -0.39 is 46.4 Å². The molecule has 1 aliphatic carbocycles. The molecular weight excluding hydrogens is 468 g/mol. The molecule has 1 saturated carbocycles. The number of methoxy groups -OCH3 is 3. The van der Waals surface area contributed by atoms with E-state index in [1.54, 1.807) is 21.3 Å². The second-order valence-electron chi connectivity index (χ2n) is 11.9. The van der Waals surface area contributed by atoms with Gasteiger partial charge in [-0.05, 0) is 39.7 Å². The van der Waals surface area contributed by atoms with Gasteiger partial charge in [0, 0.05) is 44.0 Å². The highest BCUT2D eigenvalue weighted by Crippen LogP contribution is 2.73. The van der Waals surface area contributed by atoms with E-state index in [-0.39, 0.29) is 12.5 Å². The average molecular weight is 505 g/mol. The van der Waals surface area contributed by atoms with Gasteiger partial charge in [-0.15, -0.1) is 0 Å². The van der Waals surface area contributed by atoms with Crippen molar-refractivity contribution in [3.05, 3.63) is 22.3 Å². The summed E-state index contributed by atoms with van der Waals surface area (Å²) < 4.78 is 43.3. The number of aliphatic hydroxyl groups is 1. The molecular formula is C27H36O9. The van der Waals surface area contributed by atoms with E-state index in [2.05, 4.69) is 6.92 Å². The summed E-state index contributed by atoms with van der Waals surface area (Å²) >= 11 is 0. The average Bonchev–Trinajstić information content (AvgIpc) is 3.30. The summed E-state index contributed by atoms with van der Waals surface area (Å²) in [5.41, 5.74) is -0.678. The van der Waals surface area contributed by atoms with Crippen LogP contribution in [0.2, 0.25) is 0 Å². The zero-order valence-electron chi connectivity index (χ0n) is 22.3. The smallest absolute Gasteiger partial charge is 0.342 e. The molecule has 1 aromatic carbocycles. The monoisotopic (exact) mass is 504 g/mol. The van der Waals surface area contributed by atoms with E-state index in [0.717, 1.165) is 11.1 Å². The van der Waals surface area contributed by atoms with Crippen molar-refractivity contribution < 1.29 is 43.1 Å². The number of aliphatic hydroxyl groups excluding tert-OH is 1. The molecule has 3 fully saturated rings. The predicted octanol–water partition coefficient (Wildman–Crippen LogP) is 3.56. The first-order chi connectivity index (χ1) is 16.9. The van der Waals surface area contributed by atoms with Crippen LogP contribution in [0.25, 0.3) is 0 Å². The van der Waals surface area contributed by atoms with Crippen LogP contribution in [0, 0.1) is 18.3 Å². The number of carbonyl (C=O) groups is 1. The van der Waals surface area contributed by atoms with Crippen molar-refractivity contribution in [3.8, 4) is 11.5 Å². The quantitative estimate of drug-likeness (QED) is 0.619. The van der Waals surface area contributed by atoms with E-state index in [1.165, 1.54) is 0 Å². The lowest BCUT2D eigenvalue weighted by molar-refractivity contribution is -0.396. The number of rotatable bonds is 3. The van der Waals surface area contributed by atoms with Crippen LogP contribution in [-0.4, -0.2) is 61.3 Å². The molecule has 0 radical (unpaired) electrons. The second-order valence-corrected chi connectivity index (χ2v) is 11.9. The molecule has 2 bridgehead atoms. The van der Waals surface area contributed by atoms with Gasteiger partial charge in [0.25, 0.3) is 5.97 Å². The SMILES string of the molecule is COc1c2c(c(C)c3c1C(OC)C1C(C)(CC(O)C45OC(OC)(CCC14C)OC5(C)C)O3)COC2=O. The summed E-state index contributed by atoms with van der Waals surface area (Å²) in [6.07, 6.45) is 0.0367. The highest BCUT2D eigenvalue weighted by molar-refractivity contribution is 5.98. The first-order valence-corrected chi connectivity index (χ1v) is 12.6. The predicted molar refractivity (Wildman–Crippen MR) is 126 cm³/mol. The fraction of sp³-hybridized carbons (Fsp3) is 0.741. The highest BCUT2D eigenvalue weighted by atomic mass is 16.9. The maximum atomic E-state index is 12.7. The molecule has 4 heterocycles. The van der Waals surface area contributed by atoms with E-state index in [4.69, 9.17) is 33.2 Å². The topological polar surface area (TPSA) is 102 Å². The van der Waals surface area contributed by atoms with E-state index in [1.807, 2.05) is 27.7 Å². The van der Waals surface area contributed by atoms with E-state index in [9.17, 15) is 9.90 Å². The Morgan fingerprint density at radius 1 is 1.06 bits per heavy atom. The van der Waals surface area contributed by atoms with Gasteiger partial charge in [0.1, 0.15) is 40.5 Å². The Morgan fingerprint density at radius 2 is 1.78 bits per heavy atom. The van der Waals surface area contributed by atoms with Crippen LogP contribution < -0.4 is 9.47 Å². The lowest BCUT2D eigenvalue weighted by Crippen LogP contribution is -2.77. The number of hydrogen-bond donors (Lipinski definition) is 1. The third-order valence-electron chi connectivity index (χ3n) is 9.89. The Morgan fingerprint density at radius 3 is 2.42 bits per heavy atom. The Labute approximate surface area is 211 Å². The summed E-state index contributed by atoms with van der Waals surface area (Å²) in [4.78, 5) is 12.7. The largest absolute Gasteiger partial charge is 0.495 e. The Balaban J connectivity index is 1.61. The molecule has 0 amide bonds. The molecule has 1 aromatic rings. The summed E-state index contributed by atoms with van der Waals surface area (Å²) in [5, 5.41) is 11.9. The summed E-state index contributed by atoms with van der Waals surface area (Å²) in [7, 11) is 4.79. The lowest BCUT2D eigenvalue weighted by atomic mass is 9.45. The minimum Gasteiger partial charge on any atom is -0.495 e. The molecule has 9 nitrogen and oxygen atoms in total. The number of ether oxygens (including phenoxy) is 7. The van der Waals surface area contributed by atoms with Gasteiger partial charge in [-0.2, -0.15) is 0 Å². The van der Waals surface area contributed by atoms with Gasteiger partial charge in [-0.3, -0.25) is 0 Å². The molecule has 1 N–H and O–H groups in total. The van der Waals surface area contributed by atoms with Gasteiger partial charge in [0.15, 0.2) is 0 Å². The minimum atomic E-state index is -1.22. The van der Waals surface area contributed by atoms with Crippen LogP contribution in [0.1, 0.15) is 80.1 Å². The van der Waals surface area contributed by atoms with Crippen molar-refractivity contribution in [2.45, 2.75) is 95.5 Å². The van der Waals surface area contributed by atoms with E-state index in [0.29, 0.717) is 41.9 Å². The maximum absolute atomic E-state index is 12.7. The van der Waals surface area contributed by atoms with Gasteiger partial charge in [-0.25, -0.2) is 4.79 Å². The lowest BCUT2D eigenvalue weighted by Gasteiger charge is -2.67. The second kappa shape index (κ2) is 7.14. The molecule has 7 atom stereocenters. The van der Waals surface area contributed by atoms with Crippen LogP contribution in [0.5, 0.6) is 11.5 Å². The standard InChI is InChI=1S/C27H36O9/c1-13-14-12-33-22(29)16(14)19(30-6)17-18(13)34-25(5)11-15(28)27-23(2,3)35-26(32-8,36-27)10-9-24(27,4)21(25)20(17)31-7/h15,20-21,28H,9-12H2,1-8H3. The Hall–Kier alpha value is -1.91. The molecule has 36 heavy (non-hydrogen) atoms. The zero-order valence-corrected chi connectivity index (χ0v) is 22.3. The highest BCUT2D eigenvalue weighted by Gasteiger charge is 2.82. The van der Waals surface area contributed by atoms with Crippen molar-refractivity contribution in [1.82, 2.24) is 0 Å². The van der Waals surface area contributed by atoms with Crippen molar-refractivity contribution in [2.24, 2.45) is 11.3 Å². The van der Waals surface area contributed by atoms with Crippen LogP contribution in [-0.2, 0) is 30.3 Å². The number of hydrogen-bond acceptors (Lipinski definition) is 9. The van der Waals surface area contributed by atoms with Crippen LogP contribution >= 0.6 is 0 Å². The molecule has 4 aliphatic heterocycles. The van der Waals surface area contributed by atoms with Crippen molar-refractivity contribution in [1.29, 1.82) is 0 Å². The van der Waals surface area contributed by atoms with Crippen molar-refractivity contribution in [3.63, 3.8) is 0 Å². The maximum Gasteiger partial charge on any atom is 0.342 e. The third-order valence-corrected chi connectivity index (χ3v) is 9.89. The van der Waals surface area contributed by atoms with Gasteiger partial charge in [0.2, 0.25) is 0 Å². The number of carbonyl (C=O) groups excluding carboxylic acids is 1. The summed E-state index contributed by atoms with van der Waals surface area (Å²) in [6.45, 7) is 10.2. The fourth-order valence-corrected chi connectivity index (χ4v) is 8.63.